The molecule has 2 amide bonds. The van der Waals surface area contributed by atoms with Gasteiger partial charge in [-0.05, 0) is 50.2 Å². The molecule has 124 valence electrons. The average molecular weight is 324 g/mol. The molecule has 0 saturated carbocycles. The van der Waals surface area contributed by atoms with Crippen LogP contribution in [0, 0.1) is 6.92 Å². The van der Waals surface area contributed by atoms with Crippen molar-refractivity contribution >= 4 is 17.5 Å². The van der Waals surface area contributed by atoms with Crippen LogP contribution in [0.1, 0.15) is 22.8 Å². The highest BCUT2D eigenvalue weighted by molar-refractivity contribution is 6.02. The fourth-order valence-corrected chi connectivity index (χ4v) is 2.87. The number of hydrogen-bond acceptors (Lipinski definition) is 3. The van der Waals surface area contributed by atoms with E-state index >= 15 is 0 Å². The van der Waals surface area contributed by atoms with Crippen LogP contribution in [0.15, 0.2) is 48.5 Å². The molecule has 1 aliphatic rings. The van der Waals surface area contributed by atoms with Gasteiger partial charge in [-0.25, -0.2) is 0 Å². The highest BCUT2D eigenvalue weighted by Gasteiger charge is 2.33. The number of benzene rings is 2. The van der Waals surface area contributed by atoms with E-state index in [1.54, 1.807) is 21.9 Å². The molecule has 5 nitrogen and oxygen atoms in total. The minimum Gasteiger partial charge on any atom is -0.508 e. The summed E-state index contributed by atoms with van der Waals surface area (Å²) in [4.78, 5) is 28.5. The molecule has 1 N–H and O–H groups in total. The maximum atomic E-state index is 12.6. The van der Waals surface area contributed by atoms with Crippen LogP contribution in [-0.2, 0) is 4.79 Å². The molecular formula is C19H20N2O3. The first-order valence-corrected chi connectivity index (χ1v) is 7.93. The van der Waals surface area contributed by atoms with Gasteiger partial charge in [0.1, 0.15) is 12.3 Å². The van der Waals surface area contributed by atoms with Gasteiger partial charge in [0.2, 0.25) is 5.91 Å². The molecule has 1 heterocycles. The summed E-state index contributed by atoms with van der Waals surface area (Å²) < 4.78 is 0. The largest absolute Gasteiger partial charge is 0.508 e. The van der Waals surface area contributed by atoms with Crippen LogP contribution in [-0.4, -0.2) is 41.0 Å². The molecule has 0 radical (unpaired) electrons. The van der Waals surface area contributed by atoms with Crippen LogP contribution in [0.3, 0.4) is 0 Å². The minimum atomic E-state index is -0.195. The number of carbonyl (C=O) groups is 2. The number of phenolic OH excluding ortho intramolecular Hbond substituents is 1. The van der Waals surface area contributed by atoms with E-state index in [1.807, 2.05) is 38.1 Å². The van der Waals surface area contributed by atoms with E-state index in [2.05, 4.69) is 0 Å². The number of anilines is 1. The Morgan fingerprint density at radius 2 is 1.71 bits per heavy atom. The number of aromatic hydroxyl groups is 1. The van der Waals surface area contributed by atoms with Crippen molar-refractivity contribution < 1.29 is 14.7 Å². The van der Waals surface area contributed by atoms with Gasteiger partial charge < -0.3 is 14.9 Å². The minimum absolute atomic E-state index is 0.0504. The summed E-state index contributed by atoms with van der Waals surface area (Å²) in [6, 6.07) is 13.8. The van der Waals surface area contributed by atoms with Crippen molar-refractivity contribution in [1.82, 2.24) is 4.90 Å². The Morgan fingerprint density at radius 1 is 1.08 bits per heavy atom. The van der Waals surface area contributed by atoms with Crippen molar-refractivity contribution in [2.75, 3.05) is 18.0 Å². The van der Waals surface area contributed by atoms with E-state index in [-0.39, 0.29) is 30.2 Å². The smallest absolute Gasteiger partial charge is 0.254 e. The molecule has 1 atom stereocenters. The third-order valence-corrected chi connectivity index (χ3v) is 4.31. The van der Waals surface area contributed by atoms with Crippen LogP contribution >= 0.6 is 0 Å². The summed E-state index contributed by atoms with van der Waals surface area (Å²) in [5.74, 6) is -0.177. The first-order valence-electron chi connectivity index (χ1n) is 7.93. The summed E-state index contributed by atoms with van der Waals surface area (Å²) in [6.07, 6.45) is 0. The number of phenols is 1. The van der Waals surface area contributed by atoms with E-state index in [1.165, 1.54) is 12.1 Å². The zero-order chi connectivity index (χ0) is 17.3. The van der Waals surface area contributed by atoms with E-state index in [4.69, 9.17) is 0 Å². The van der Waals surface area contributed by atoms with Crippen LogP contribution < -0.4 is 4.90 Å². The van der Waals surface area contributed by atoms with Crippen molar-refractivity contribution in [2.45, 2.75) is 19.9 Å². The van der Waals surface area contributed by atoms with Crippen molar-refractivity contribution in [1.29, 1.82) is 0 Å². The SMILES string of the molecule is Cc1ccc(N2C[C@@H](C)N(C(=O)c3ccc(O)cc3)CC2=O)cc1. The second-order valence-electron chi connectivity index (χ2n) is 6.17. The van der Waals surface area contributed by atoms with Gasteiger partial charge in [0.15, 0.2) is 0 Å². The number of hydrogen-bond donors (Lipinski definition) is 1. The van der Waals surface area contributed by atoms with Gasteiger partial charge in [-0.2, -0.15) is 0 Å². The van der Waals surface area contributed by atoms with Gasteiger partial charge in [-0.1, -0.05) is 17.7 Å². The number of piperazine rings is 1. The molecule has 0 unspecified atom stereocenters. The van der Waals surface area contributed by atoms with Gasteiger partial charge >= 0.3 is 0 Å². The summed E-state index contributed by atoms with van der Waals surface area (Å²) >= 11 is 0. The van der Waals surface area contributed by atoms with E-state index in [0.29, 0.717) is 12.1 Å². The Labute approximate surface area is 141 Å². The van der Waals surface area contributed by atoms with E-state index in [0.717, 1.165) is 11.3 Å². The highest BCUT2D eigenvalue weighted by Crippen LogP contribution is 2.22. The number of nitrogens with zero attached hydrogens (tertiary/aromatic N) is 2. The third kappa shape index (κ3) is 3.11. The maximum absolute atomic E-state index is 12.6. The van der Waals surface area contributed by atoms with Gasteiger partial charge in [-0.3, -0.25) is 9.59 Å². The number of aryl methyl sites for hydroxylation is 1. The molecule has 1 fully saturated rings. The predicted molar refractivity (Wildman–Crippen MR) is 92.1 cm³/mol. The molecule has 3 rings (SSSR count). The lowest BCUT2D eigenvalue weighted by Crippen LogP contribution is -2.57. The second-order valence-corrected chi connectivity index (χ2v) is 6.17. The normalized spacial score (nSPS) is 17.9. The van der Waals surface area contributed by atoms with Crippen molar-refractivity contribution in [3.63, 3.8) is 0 Å². The summed E-state index contributed by atoms with van der Waals surface area (Å²) in [6.45, 7) is 4.45. The Bertz CT molecular complexity index is 753. The van der Waals surface area contributed by atoms with E-state index in [9.17, 15) is 14.7 Å². The lowest BCUT2D eigenvalue weighted by Gasteiger charge is -2.39. The van der Waals surface area contributed by atoms with Crippen LogP contribution in [0.4, 0.5) is 5.69 Å². The van der Waals surface area contributed by atoms with Crippen molar-refractivity contribution in [3.8, 4) is 5.75 Å². The average Bonchev–Trinajstić information content (AvgIpc) is 2.57. The van der Waals surface area contributed by atoms with Gasteiger partial charge in [0.05, 0.1) is 0 Å². The molecule has 0 aromatic heterocycles. The second kappa shape index (κ2) is 6.35. The third-order valence-electron chi connectivity index (χ3n) is 4.31. The predicted octanol–water partition coefficient (Wildman–Crippen LogP) is 2.58. The summed E-state index contributed by atoms with van der Waals surface area (Å²) in [5, 5.41) is 9.34. The Morgan fingerprint density at radius 3 is 2.33 bits per heavy atom. The lowest BCUT2D eigenvalue weighted by molar-refractivity contribution is -0.121. The molecule has 2 aromatic carbocycles. The molecule has 5 heteroatoms. The molecule has 1 saturated heterocycles. The molecule has 0 spiro atoms. The molecule has 1 aliphatic heterocycles. The summed E-state index contributed by atoms with van der Waals surface area (Å²) in [5.41, 5.74) is 2.46. The van der Waals surface area contributed by atoms with Crippen molar-refractivity contribution in [3.05, 3.63) is 59.7 Å². The number of carbonyl (C=O) groups excluding carboxylic acids is 2. The lowest BCUT2D eigenvalue weighted by atomic mass is 10.1. The monoisotopic (exact) mass is 324 g/mol. The van der Waals surface area contributed by atoms with Gasteiger partial charge in [0, 0.05) is 23.8 Å². The number of rotatable bonds is 2. The molecule has 24 heavy (non-hydrogen) atoms. The highest BCUT2D eigenvalue weighted by atomic mass is 16.3. The zero-order valence-electron chi connectivity index (χ0n) is 13.8. The molecule has 0 bridgehead atoms. The first kappa shape index (κ1) is 16.1. The zero-order valence-corrected chi connectivity index (χ0v) is 13.8. The van der Waals surface area contributed by atoms with Crippen LogP contribution in [0.5, 0.6) is 5.75 Å². The topological polar surface area (TPSA) is 60.9 Å². The quantitative estimate of drug-likeness (QED) is 0.923. The van der Waals surface area contributed by atoms with Crippen molar-refractivity contribution in [2.24, 2.45) is 0 Å². The van der Waals surface area contributed by atoms with Gasteiger partial charge in [-0.15, -0.1) is 0 Å². The maximum Gasteiger partial charge on any atom is 0.254 e. The van der Waals surface area contributed by atoms with Crippen LogP contribution in [0.25, 0.3) is 0 Å². The van der Waals surface area contributed by atoms with E-state index < -0.39 is 0 Å². The molecule has 0 aliphatic carbocycles. The number of amides is 2. The fourth-order valence-electron chi connectivity index (χ4n) is 2.87. The molecular weight excluding hydrogens is 304 g/mol. The van der Waals surface area contributed by atoms with Crippen LogP contribution in [0.2, 0.25) is 0 Å². The fraction of sp³-hybridized carbons (Fsp3) is 0.263. The molecule has 2 aromatic rings. The van der Waals surface area contributed by atoms with Gasteiger partial charge in [0.25, 0.3) is 5.91 Å². The first-order chi connectivity index (χ1) is 11.5. The summed E-state index contributed by atoms with van der Waals surface area (Å²) in [7, 11) is 0. The Hall–Kier alpha value is -2.82. The standard InChI is InChI=1S/C19H20N2O3/c1-13-3-7-16(8-4-13)21-11-14(2)20(12-18(21)23)19(24)15-5-9-17(22)10-6-15/h3-10,14,22H,11-12H2,1-2H3/t14-/m1/s1. The Balaban J connectivity index is 1.77. The Kier molecular flexibility index (Phi) is 4.25.